The van der Waals surface area contributed by atoms with Gasteiger partial charge in [-0.2, -0.15) is 11.8 Å². The second-order valence-corrected chi connectivity index (χ2v) is 5.59. The number of aryl methyl sites for hydroxylation is 1. The van der Waals surface area contributed by atoms with Crippen LogP contribution in [0.15, 0.2) is 10.6 Å². The van der Waals surface area contributed by atoms with Crippen LogP contribution in [0.1, 0.15) is 12.1 Å². The van der Waals surface area contributed by atoms with E-state index in [9.17, 15) is 4.79 Å². The molecule has 1 aromatic rings. The Labute approximate surface area is 97.5 Å². The van der Waals surface area contributed by atoms with E-state index in [2.05, 4.69) is 10.5 Å². The molecule has 0 unspecified atom stereocenters. The zero-order chi connectivity index (χ0) is 11.1. The number of likely N-dealkylation sites (tertiary alicyclic amines) is 1. The molecule has 6 heteroatoms. The normalized spacial score (nSPS) is 27.4. The number of fused-ring (bicyclic) bond motifs is 2. The monoisotopic (exact) mass is 239 g/mol. The molecule has 0 radical (unpaired) electrons. The number of nitrogens with one attached hydrogen (secondary N) is 1. The van der Waals surface area contributed by atoms with E-state index < -0.39 is 0 Å². The van der Waals surface area contributed by atoms with Crippen molar-refractivity contribution in [1.82, 2.24) is 10.1 Å². The first-order chi connectivity index (χ1) is 7.72. The van der Waals surface area contributed by atoms with E-state index in [1.165, 1.54) is 0 Å². The standard InChI is InChI=1S/C10H13N3O2S/c1-6-2-9(15-12-6)11-10(14)13-4-8-3-7(13)5-16-8/h2,7-8H,3-5H2,1H3,(H,11,14)/t7-,8-/m0/s1. The molecule has 5 nitrogen and oxygen atoms in total. The lowest BCUT2D eigenvalue weighted by atomic mass is 10.2. The number of carbonyl (C=O) groups excluding carboxylic acids is 1. The van der Waals surface area contributed by atoms with Crippen molar-refractivity contribution in [3.63, 3.8) is 0 Å². The van der Waals surface area contributed by atoms with Crippen LogP contribution in [0.5, 0.6) is 0 Å². The first-order valence-corrected chi connectivity index (χ1v) is 6.40. The SMILES string of the molecule is Cc1cc(NC(=O)N2C[C@@H]3C[C@H]2CS3)on1. The minimum Gasteiger partial charge on any atom is -0.338 e. The predicted octanol–water partition coefficient (Wildman–Crippen LogP) is 1.70. The lowest BCUT2D eigenvalue weighted by Gasteiger charge is -2.26. The highest BCUT2D eigenvalue weighted by molar-refractivity contribution is 8.00. The average molecular weight is 239 g/mol. The van der Waals surface area contributed by atoms with Crippen LogP contribution in [0.25, 0.3) is 0 Å². The molecule has 2 bridgehead atoms. The van der Waals surface area contributed by atoms with E-state index in [0.717, 1.165) is 24.4 Å². The smallest absolute Gasteiger partial charge is 0.324 e. The Balaban J connectivity index is 1.65. The van der Waals surface area contributed by atoms with E-state index in [4.69, 9.17) is 4.52 Å². The van der Waals surface area contributed by atoms with Crippen molar-refractivity contribution >= 4 is 23.7 Å². The number of thioether (sulfide) groups is 1. The van der Waals surface area contributed by atoms with E-state index in [0.29, 0.717) is 17.2 Å². The van der Waals surface area contributed by atoms with Gasteiger partial charge in [-0.3, -0.25) is 5.32 Å². The Kier molecular flexibility index (Phi) is 2.31. The lowest BCUT2D eigenvalue weighted by molar-refractivity contribution is 0.209. The van der Waals surface area contributed by atoms with Gasteiger partial charge in [-0.1, -0.05) is 5.16 Å². The summed E-state index contributed by atoms with van der Waals surface area (Å²) >= 11 is 1.97. The van der Waals surface area contributed by atoms with Crippen molar-refractivity contribution in [2.75, 3.05) is 17.6 Å². The molecular formula is C10H13N3O2S. The molecule has 2 aliphatic rings. The van der Waals surface area contributed by atoms with E-state index in [-0.39, 0.29) is 6.03 Å². The molecule has 2 aliphatic heterocycles. The van der Waals surface area contributed by atoms with Gasteiger partial charge in [-0.25, -0.2) is 4.79 Å². The van der Waals surface area contributed by atoms with E-state index in [1.54, 1.807) is 6.07 Å². The number of urea groups is 1. The third kappa shape index (κ3) is 1.67. The lowest BCUT2D eigenvalue weighted by Crippen LogP contribution is -2.41. The highest BCUT2D eigenvalue weighted by Gasteiger charge is 2.41. The molecule has 0 spiro atoms. The first kappa shape index (κ1) is 10.0. The van der Waals surface area contributed by atoms with Crippen molar-refractivity contribution in [3.8, 4) is 0 Å². The number of nitrogens with zero attached hydrogens (tertiary/aromatic N) is 2. The number of anilines is 1. The number of hydrogen-bond acceptors (Lipinski definition) is 4. The third-order valence-corrected chi connectivity index (χ3v) is 4.41. The summed E-state index contributed by atoms with van der Waals surface area (Å²) in [7, 11) is 0. The molecule has 16 heavy (non-hydrogen) atoms. The van der Waals surface area contributed by atoms with Gasteiger partial charge in [-0.05, 0) is 13.3 Å². The molecule has 2 amide bonds. The zero-order valence-corrected chi connectivity index (χ0v) is 9.79. The summed E-state index contributed by atoms with van der Waals surface area (Å²) in [6.07, 6.45) is 1.13. The molecular weight excluding hydrogens is 226 g/mol. The van der Waals surface area contributed by atoms with Gasteiger partial charge in [0.05, 0.1) is 5.69 Å². The number of carbonyl (C=O) groups is 1. The third-order valence-electron chi connectivity index (χ3n) is 3.02. The Morgan fingerprint density at radius 1 is 1.75 bits per heavy atom. The molecule has 2 atom stereocenters. The Hall–Kier alpha value is -1.17. The van der Waals surface area contributed by atoms with Crippen molar-refractivity contribution < 1.29 is 9.32 Å². The van der Waals surface area contributed by atoms with Crippen LogP contribution in [-0.4, -0.2) is 39.7 Å². The first-order valence-electron chi connectivity index (χ1n) is 5.35. The van der Waals surface area contributed by atoms with Gasteiger partial charge in [0.1, 0.15) is 0 Å². The highest BCUT2D eigenvalue weighted by atomic mass is 32.2. The van der Waals surface area contributed by atoms with Gasteiger partial charge < -0.3 is 9.42 Å². The number of hydrogen-bond donors (Lipinski definition) is 1. The molecule has 3 heterocycles. The second kappa shape index (κ2) is 3.69. The van der Waals surface area contributed by atoms with Crippen LogP contribution in [0.3, 0.4) is 0 Å². The Morgan fingerprint density at radius 2 is 2.62 bits per heavy atom. The second-order valence-electron chi connectivity index (χ2n) is 4.26. The largest absolute Gasteiger partial charge is 0.338 e. The fraction of sp³-hybridized carbons (Fsp3) is 0.600. The summed E-state index contributed by atoms with van der Waals surface area (Å²) in [5.41, 5.74) is 0.772. The maximum Gasteiger partial charge on any atom is 0.324 e. The van der Waals surface area contributed by atoms with Crippen molar-refractivity contribution in [2.24, 2.45) is 0 Å². The van der Waals surface area contributed by atoms with Crippen LogP contribution >= 0.6 is 11.8 Å². The molecule has 0 aliphatic carbocycles. The minimum atomic E-state index is -0.0658. The van der Waals surface area contributed by atoms with Crippen LogP contribution in [0, 0.1) is 6.92 Å². The highest BCUT2D eigenvalue weighted by Crippen LogP contribution is 2.37. The van der Waals surface area contributed by atoms with Crippen molar-refractivity contribution in [2.45, 2.75) is 24.6 Å². The van der Waals surface area contributed by atoms with Crippen LogP contribution < -0.4 is 5.32 Å². The fourth-order valence-electron chi connectivity index (χ4n) is 2.25. The molecule has 0 aromatic carbocycles. The van der Waals surface area contributed by atoms with Crippen molar-refractivity contribution in [3.05, 3.63) is 11.8 Å². The summed E-state index contributed by atoms with van der Waals surface area (Å²) in [5, 5.41) is 7.10. The van der Waals surface area contributed by atoms with Crippen LogP contribution in [-0.2, 0) is 0 Å². The van der Waals surface area contributed by atoms with Gasteiger partial charge in [0, 0.05) is 29.7 Å². The summed E-state index contributed by atoms with van der Waals surface area (Å²) in [5.74, 6) is 1.49. The molecule has 2 saturated heterocycles. The maximum absolute atomic E-state index is 11.9. The van der Waals surface area contributed by atoms with E-state index in [1.807, 2.05) is 23.6 Å². The van der Waals surface area contributed by atoms with E-state index >= 15 is 0 Å². The van der Waals surface area contributed by atoms with Crippen LogP contribution in [0.2, 0.25) is 0 Å². The molecule has 3 rings (SSSR count). The molecule has 1 aromatic heterocycles. The quantitative estimate of drug-likeness (QED) is 0.810. The maximum atomic E-state index is 11.9. The molecule has 86 valence electrons. The molecule has 2 fully saturated rings. The average Bonchev–Trinajstić information content (AvgIpc) is 2.93. The van der Waals surface area contributed by atoms with Gasteiger partial charge >= 0.3 is 6.03 Å². The minimum absolute atomic E-state index is 0.0658. The van der Waals surface area contributed by atoms with Gasteiger partial charge in [0.2, 0.25) is 5.88 Å². The zero-order valence-electron chi connectivity index (χ0n) is 8.97. The van der Waals surface area contributed by atoms with Gasteiger partial charge in [0.25, 0.3) is 0 Å². The number of amides is 2. The van der Waals surface area contributed by atoms with Gasteiger partial charge in [0.15, 0.2) is 0 Å². The molecule has 0 saturated carbocycles. The Bertz CT molecular complexity index is 420. The van der Waals surface area contributed by atoms with Crippen molar-refractivity contribution in [1.29, 1.82) is 0 Å². The predicted molar refractivity (Wildman–Crippen MR) is 61.6 cm³/mol. The summed E-state index contributed by atoms with van der Waals surface area (Å²) in [4.78, 5) is 13.8. The van der Waals surface area contributed by atoms with Gasteiger partial charge in [-0.15, -0.1) is 0 Å². The number of aromatic nitrogens is 1. The fourth-order valence-corrected chi connectivity index (χ4v) is 3.68. The summed E-state index contributed by atoms with van der Waals surface area (Å²) in [6.45, 7) is 2.68. The number of rotatable bonds is 1. The summed E-state index contributed by atoms with van der Waals surface area (Å²) < 4.78 is 4.96. The summed E-state index contributed by atoms with van der Waals surface area (Å²) in [6, 6.07) is 2.06. The Morgan fingerprint density at radius 3 is 3.19 bits per heavy atom. The molecule has 1 N–H and O–H groups in total. The van der Waals surface area contributed by atoms with Crippen LogP contribution in [0.4, 0.5) is 10.7 Å². The topological polar surface area (TPSA) is 58.4 Å².